The van der Waals surface area contributed by atoms with Crippen LogP contribution in [0.3, 0.4) is 0 Å². The van der Waals surface area contributed by atoms with Gasteiger partial charge in [-0.2, -0.15) is 0 Å². The van der Waals surface area contributed by atoms with E-state index < -0.39 is 0 Å². The van der Waals surface area contributed by atoms with E-state index in [1.165, 1.54) is 132 Å². The lowest BCUT2D eigenvalue weighted by Gasteiger charge is -2.23. The molecule has 0 aliphatic heterocycles. The molecule has 2 heterocycles. The van der Waals surface area contributed by atoms with Crippen LogP contribution >= 0.6 is 0 Å². The summed E-state index contributed by atoms with van der Waals surface area (Å²) < 4.78 is 5.16. The number of aromatic nitrogens is 2. The van der Waals surface area contributed by atoms with Crippen molar-refractivity contribution in [2.45, 2.75) is 38.5 Å². The van der Waals surface area contributed by atoms with Gasteiger partial charge in [-0.05, 0) is 97.1 Å². The van der Waals surface area contributed by atoms with Gasteiger partial charge >= 0.3 is 0 Å². The second-order valence-corrected chi connectivity index (χ2v) is 18.8. The summed E-state index contributed by atoms with van der Waals surface area (Å²) in [6, 6.07) is 68.9. The van der Waals surface area contributed by atoms with Crippen molar-refractivity contribution in [3.8, 4) is 33.6 Å². The van der Waals surface area contributed by atoms with Gasteiger partial charge in [0.25, 0.3) is 0 Å². The number of para-hydroxylation sites is 2. The molecule has 292 valence electrons. The van der Waals surface area contributed by atoms with Gasteiger partial charge in [-0.25, -0.2) is 0 Å². The standard InChI is InChI=1S/C60H42N2/c1-59(2)47-25-13-9-17-37(47)39-31-29-35(33-49(39)59)61-52-28-16-12-24-46(52)56-54-42-20-6-5-19-41(42)53-45-23-11-15-27-51(45)62(58(53)55(54)43-21-7-8-22-44(43)57(56)61)36-30-32-40-38-18-10-14-26-48(38)60(3,4)50(40)34-36/h5-34H,1-4H3. The number of benzene rings is 10. The molecule has 12 aromatic rings. The van der Waals surface area contributed by atoms with Crippen molar-refractivity contribution in [3.63, 3.8) is 0 Å². The molecule has 0 saturated carbocycles. The molecule has 2 aliphatic rings. The molecule has 0 spiro atoms. The maximum Gasteiger partial charge on any atom is 0.0632 e. The van der Waals surface area contributed by atoms with Crippen molar-refractivity contribution in [3.05, 3.63) is 204 Å². The normalized spacial score (nSPS) is 14.7. The lowest BCUT2D eigenvalue weighted by molar-refractivity contribution is 0.660. The van der Waals surface area contributed by atoms with Gasteiger partial charge in [-0.15, -0.1) is 0 Å². The van der Waals surface area contributed by atoms with Crippen LogP contribution in [0.2, 0.25) is 0 Å². The van der Waals surface area contributed by atoms with Crippen LogP contribution < -0.4 is 0 Å². The maximum absolute atomic E-state index is 2.59. The van der Waals surface area contributed by atoms with Crippen LogP contribution in [0.5, 0.6) is 0 Å². The van der Waals surface area contributed by atoms with E-state index in [1.807, 2.05) is 0 Å². The molecule has 0 atom stereocenters. The highest BCUT2D eigenvalue weighted by atomic mass is 15.0. The molecule has 0 unspecified atom stereocenters. The lowest BCUT2D eigenvalue weighted by Crippen LogP contribution is -2.15. The predicted octanol–water partition coefficient (Wildman–Crippen LogP) is 16.0. The molecule has 10 aromatic carbocycles. The van der Waals surface area contributed by atoms with Crippen LogP contribution in [0.1, 0.15) is 49.9 Å². The summed E-state index contributed by atoms with van der Waals surface area (Å²) in [7, 11) is 0. The molecule has 0 saturated heterocycles. The van der Waals surface area contributed by atoms with Crippen molar-refractivity contribution in [1.82, 2.24) is 9.13 Å². The first-order valence-electron chi connectivity index (χ1n) is 22.0. The first kappa shape index (κ1) is 34.3. The number of fused-ring (bicyclic) bond motifs is 21. The van der Waals surface area contributed by atoms with Gasteiger partial charge in [-0.3, -0.25) is 0 Å². The molecule has 0 radical (unpaired) electrons. The highest BCUT2D eigenvalue weighted by molar-refractivity contribution is 6.44. The molecular formula is C60H42N2. The SMILES string of the molecule is CC1(C)c2ccccc2-c2ccc(-n3c4ccccc4c4c5c6ccccc6c6c7ccccc7n(-c7ccc8c(c7)C(C)(C)c7ccccc7-8)c6c5c5ccccc5c43)cc21. The number of nitrogens with zero attached hydrogens (tertiary/aromatic N) is 2. The summed E-state index contributed by atoms with van der Waals surface area (Å²) in [6.07, 6.45) is 0. The fourth-order valence-corrected chi connectivity index (χ4v) is 12.3. The van der Waals surface area contributed by atoms with Crippen LogP contribution in [0, 0.1) is 0 Å². The molecule has 2 aromatic heterocycles. The summed E-state index contributed by atoms with van der Waals surface area (Å²) >= 11 is 0. The lowest BCUT2D eigenvalue weighted by atomic mass is 9.82. The zero-order chi connectivity index (χ0) is 41.2. The fourth-order valence-electron chi connectivity index (χ4n) is 12.3. The summed E-state index contributed by atoms with van der Waals surface area (Å²) in [6.45, 7) is 9.54. The van der Waals surface area contributed by atoms with Crippen LogP contribution in [0.25, 0.3) is 110 Å². The van der Waals surface area contributed by atoms with E-state index >= 15 is 0 Å². The zero-order valence-electron chi connectivity index (χ0n) is 35.2. The van der Waals surface area contributed by atoms with Crippen LogP contribution in [-0.4, -0.2) is 9.13 Å². The second-order valence-electron chi connectivity index (χ2n) is 18.8. The highest BCUT2D eigenvalue weighted by Gasteiger charge is 2.37. The van der Waals surface area contributed by atoms with Gasteiger partial charge < -0.3 is 9.13 Å². The summed E-state index contributed by atoms with van der Waals surface area (Å²) in [5.41, 5.74) is 18.0. The Kier molecular flexibility index (Phi) is 6.47. The first-order chi connectivity index (χ1) is 30.3. The summed E-state index contributed by atoms with van der Waals surface area (Å²) in [5.74, 6) is 0. The number of rotatable bonds is 2. The monoisotopic (exact) mass is 790 g/mol. The third-order valence-corrected chi connectivity index (χ3v) is 15.1. The summed E-state index contributed by atoms with van der Waals surface area (Å²) in [5, 5.41) is 12.9. The Balaban J connectivity index is 1.18. The minimum Gasteiger partial charge on any atom is -0.309 e. The van der Waals surface area contributed by atoms with E-state index in [-0.39, 0.29) is 10.8 Å². The Labute approximate surface area is 359 Å². The molecule has 2 aliphatic carbocycles. The Morgan fingerprint density at radius 3 is 1.21 bits per heavy atom. The smallest absolute Gasteiger partial charge is 0.0632 e. The van der Waals surface area contributed by atoms with Crippen molar-refractivity contribution in [1.29, 1.82) is 0 Å². The molecule has 2 nitrogen and oxygen atoms in total. The maximum atomic E-state index is 2.59. The van der Waals surface area contributed by atoms with E-state index in [0.29, 0.717) is 0 Å². The summed E-state index contributed by atoms with van der Waals surface area (Å²) in [4.78, 5) is 0. The van der Waals surface area contributed by atoms with Crippen molar-refractivity contribution in [2.24, 2.45) is 0 Å². The van der Waals surface area contributed by atoms with E-state index in [2.05, 4.69) is 219 Å². The molecule has 62 heavy (non-hydrogen) atoms. The zero-order valence-corrected chi connectivity index (χ0v) is 35.2. The largest absolute Gasteiger partial charge is 0.309 e. The minimum absolute atomic E-state index is 0.111. The fraction of sp³-hybridized carbons (Fsp3) is 0.100. The van der Waals surface area contributed by atoms with Gasteiger partial charge in [0.2, 0.25) is 0 Å². The van der Waals surface area contributed by atoms with E-state index in [0.717, 1.165) is 0 Å². The van der Waals surface area contributed by atoms with Crippen molar-refractivity contribution in [2.75, 3.05) is 0 Å². The van der Waals surface area contributed by atoms with E-state index in [1.54, 1.807) is 0 Å². The average molecular weight is 791 g/mol. The Morgan fingerprint density at radius 1 is 0.290 bits per heavy atom. The predicted molar refractivity (Wildman–Crippen MR) is 263 cm³/mol. The molecule has 0 N–H and O–H groups in total. The number of hydrogen-bond acceptors (Lipinski definition) is 0. The topological polar surface area (TPSA) is 9.86 Å². The van der Waals surface area contributed by atoms with Gasteiger partial charge in [-0.1, -0.05) is 173 Å². The third kappa shape index (κ3) is 4.11. The Morgan fingerprint density at radius 2 is 0.661 bits per heavy atom. The molecule has 14 rings (SSSR count). The first-order valence-corrected chi connectivity index (χ1v) is 22.0. The van der Waals surface area contributed by atoms with Crippen molar-refractivity contribution < 1.29 is 0 Å². The Bertz CT molecular complexity index is 3980. The Hall–Kier alpha value is -7.42. The molecular weight excluding hydrogens is 749 g/mol. The van der Waals surface area contributed by atoms with Crippen LogP contribution in [-0.2, 0) is 10.8 Å². The van der Waals surface area contributed by atoms with Crippen LogP contribution in [0.15, 0.2) is 182 Å². The number of hydrogen-bond donors (Lipinski definition) is 0. The highest BCUT2D eigenvalue weighted by Crippen LogP contribution is 2.54. The van der Waals surface area contributed by atoms with E-state index in [4.69, 9.17) is 0 Å². The third-order valence-electron chi connectivity index (χ3n) is 15.1. The minimum atomic E-state index is -0.119. The van der Waals surface area contributed by atoms with Crippen LogP contribution in [0.4, 0.5) is 0 Å². The molecule has 2 heteroatoms. The quantitative estimate of drug-likeness (QED) is 0.154. The second kappa shape index (κ2) is 11.7. The molecule has 0 fully saturated rings. The van der Waals surface area contributed by atoms with Gasteiger partial charge in [0.05, 0.1) is 22.1 Å². The molecule has 0 amide bonds. The van der Waals surface area contributed by atoms with Crippen molar-refractivity contribution >= 4 is 75.9 Å². The van der Waals surface area contributed by atoms with Gasteiger partial charge in [0.15, 0.2) is 0 Å². The van der Waals surface area contributed by atoms with Gasteiger partial charge in [0.1, 0.15) is 0 Å². The van der Waals surface area contributed by atoms with Gasteiger partial charge in [0, 0.05) is 59.9 Å². The molecule has 0 bridgehead atoms. The van der Waals surface area contributed by atoms with E-state index in [9.17, 15) is 0 Å². The average Bonchev–Trinajstić information content (AvgIpc) is 3.98.